The number of alkyl halides is 3. The van der Waals surface area contributed by atoms with Crippen molar-refractivity contribution in [2.24, 2.45) is 5.92 Å². The van der Waals surface area contributed by atoms with Crippen molar-refractivity contribution in [3.8, 4) is 22.5 Å². The Labute approximate surface area is 210 Å². The highest BCUT2D eigenvalue weighted by Gasteiger charge is 2.45. The van der Waals surface area contributed by atoms with Gasteiger partial charge in [-0.05, 0) is 47.1 Å². The lowest BCUT2D eigenvalue weighted by molar-refractivity contribution is -0.110. The fourth-order valence-corrected chi connectivity index (χ4v) is 4.63. The smallest absolute Gasteiger partial charge is 0.351 e. The second-order valence-electron chi connectivity index (χ2n) is 9.66. The van der Waals surface area contributed by atoms with Gasteiger partial charge >= 0.3 is 6.18 Å². The lowest BCUT2D eigenvalue weighted by atomic mass is 9.98. The van der Waals surface area contributed by atoms with Crippen LogP contribution in [0.1, 0.15) is 52.0 Å². The van der Waals surface area contributed by atoms with Crippen LogP contribution in [0.3, 0.4) is 0 Å². The Kier molecular flexibility index (Phi) is 7.96. The van der Waals surface area contributed by atoms with E-state index < -0.39 is 11.9 Å². The molecule has 0 aliphatic carbocycles. The summed E-state index contributed by atoms with van der Waals surface area (Å²) in [5, 5.41) is 14.3. The van der Waals surface area contributed by atoms with Gasteiger partial charge in [0.15, 0.2) is 0 Å². The first kappa shape index (κ1) is 25.7. The van der Waals surface area contributed by atoms with E-state index in [9.17, 15) is 13.2 Å². The molecule has 0 saturated carbocycles. The Morgan fingerprint density at radius 2 is 1.72 bits per heavy atom. The SMILES string of the molecule is CCCCN1CN(Cc2ccc(-c3ccccc3-c3nn[nH]n3)cc2)C(CCC(C)C)=C1C(F)(F)F. The van der Waals surface area contributed by atoms with E-state index in [1.54, 1.807) is 0 Å². The Hall–Kier alpha value is -3.36. The average Bonchev–Trinajstić information content (AvgIpc) is 3.50. The highest BCUT2D eigenvalue weighted by molar-refractivity contribution is 5.80. The standard InChI is InChI=1S/C27H33F3N6/c1-4-5-16-35-18-36(24(15-10-19(2)3)25(35)27(28,29)30)17-20-11-13-21(14-12-20)22-8-6-7-9-23(22)26-31-33-34-32-26/h6-9,11-14,19H,4-5,10,15-18H2,1-3H3,(H,31,32,33,34). The van der Waals surface area contributed by atoms with E-state index in [1.165, 1.54) is 4.90 Å². The number of tetrazole rings is 1. The molecule has 1 N–H and O–H groups in total. The molecule has 3 aromatic rings. The van der Waals surface area contributed by atoms with Crippen LogP contribution >= 0.6 is 0 Å². The Balaban J connectivity index is 1.59. The van der Waals surface area contributed by atoms with Crippen LogP contribution in [-0.4, -0.2) is 49.8 Å². The number of aromatic amines is 1. The molecule has 6 nitrogen and oxygen atoms in total. The molecule has 192 valence electrons. The van der Waals surface area contributed by atoms with Crippen molar-refractivity contribution in [2.75, 3.05) is 13.2 Å². The van der Waals surface area contributed by atoms with Crippen molar-refractivity contribution in [3.63, 3.8) is 0 Å². The van der Waals surface area contributed by atoms with Gasteiger partial charge in [0.25, 0.3) is 0 Å². The molecule has 36 heavy (non-hydrogen) atoms. The molecule has 0 unspecified atom stereocenters. The number of unbranched alkanes of at least 4 members (excludes halogenated alkanes) is 1. The van der Waals surface area contributed by atoms with Gasteiger partial charge in [-0.15, -0.1) is 10.2 Å². The van der Waals surface area contributed by atoms with E-state index >= 15 is 0 Å². The summed E-state index contributed by atoms with van der Waals surface area (Å²) < 4.78 is 42.5. The summed E-state index contributed by atoms with van der Waals surface area (Å²) >= 11 is 0. The fraction of sp³-hybridized carbons (Fsp3) is 0.444. The number of halogens is 3. The van der Waals surface area contributed by atoms with Crippen LogP contribution in [0, 0.1) is 5.92 Å². The summed E-state index contributed by atoms with van der Waals surface area (Å²) in [4.78, 5) is 3.43. The summed E-state index contributed by atoms with van der Waals surface area (Å²) in [5.41, 5.74) is 3.74. The molecule has 0 fully saturated rings. The zero-order valence-electron chi connectivity index (χ0n) is 21.0. The molecule has 4 rings (SSSR count). The molecule has 0 amide bonds. The van der Waals surface area contributed by atoms with Gasteiger partial charge in [-0.3, -0.25) is 0 Å². The Bertz CT molecular complexity index is 1150. The number of allylic oxidation sites excluding steroid dienone is 2. The van der Waals surface area contributed by atoms with Gasteiger partial charge in [0, 0.05) is 24.4 Å². The lowest BCUT2D eigenvalue weighted by Crippen LogP contribution is -2.32. The van der Waals surface area contributed by atoms with Crippen molar-refractivity contribution in [1.82, 2.24) is 30.4 Å². The Morgan fingerprint density at radius 1 is 1.00 bits per heavy atom. The monoisotopic (exact) mass is 498 g/mol. The number of H-pyrrole nitrogens is 1. The van der Waals surface area contributed by atoms with Gasteiger partial charge in [0.1, 0.15) is 5.70 Å². The number of aromatic nitrogens is 4. The van der Waals surface area contributed by atoms with E-state index in [4.69, 9.17) is 0 Å². The highest BCUT2D eigenvalue weighted by Crippen LogP contribution is 2.40. The predicted octanol–water partition coefficient (Wildman–Crippen LogP) is 6.62. The molecule has 1 aliphatic heterocycles. The maximum atomic E-state index is 14.2. The van der Waals surface area contributed by atoms with E-state index in [1.807, 2.05) is 74.2 Å². The summed E-state index contributed by atoms with van der Waals surface area (Å²) in [7, 11) is 0. The minimum absolute atomic E-state index is 0.269. The number of nitrogens with one attached hydrogen (secondary N) is 1. The quantitative estimate of drug-likeness (QED) is 0.340. The molecule has 0 spiro atoms. The largest absolute Gasteiger partial charge is 0.432 e. The molecule has 1 aliphatic rings. The predicted molar refractivity (Wildman–Crippen MR) is 134 cm³/mol. The third-order valence-corrected chi connectivity index (χ3v) is 6.47. The third kappa shape index (κ3) is 5.88. The molecule has 1 aromatic heterocycles. The first-order valence-corrected chi connectivity index (χ1v) is 12.5. The average molecular weight is 499 g/mol. The maximum absolute atomic E-state index is 14.2. The van der Waals surface area contributed by atoms with Crippen molar-refractivity contribution in [2.45, 2.75) is 59.2 Å². The summed E-state index contributed by atoms with van der Waals surface area (Å²) in [6, 6.07) is 15.8. The molecule has 2 aromatic carbocycles. The van der Waals surface area contributed by atoms with E-state index in [-0.39, 0.29) is 6.67 Å². The molecular formula is C27H33F3N6. The maximum Gasteiger partial charge on any atom is 0.432 e. The second-order valence-corrected chi connectivity index (χ2v) is 9.66. The normalized spacial score (nSPS) is 14.4. The van der Waals surface area contributed by atoms with Crippen LogP contribution in [0.25, 0.3) is 22.5 Å². The topological polar surface area (TPSA) is 60.9 Å². The van der Waals surface area contributed by atoms with Crippen LogP contribution in [-0.2, 0) is 6.54 Å². The van der Waals surface area contributed by atoms with Crippen LogP contribution in [0.15, 0.2) is 59.9 Å². The second kappa shape index (κ2) is 11.1. The molecule has 0 atom stereocenters. The highest BCUT2D eigenvalue weighted by atomic mass is 19.4. The molecule has 2 heterocycles. The number of benzene rings is 2. The van der Waals surface area contributed by atoms with E-state index in [0.29, 0.717) is 36.9 Å². The van der Waals surface area contributed by atoms with Crippen molar-refractivity contribution < 1.29 is 13.2 Å². The van der Waals surface area contributed by atoms with Crippen LogP contribution in [0.2, 0.25) is 0 Å². The number of nitrogens with zero attached hydrogens (tertiary/aromatic N) is 5. The first-order chi connectivity index (χ1) is 17.3. The summed E-state index contributed by atoms with van der Waals surface area (Å²) in [6.45, 7) is 7.22. The van der Waals surface area contributed by atoms with Crippen LogP contribution in [0.4, 0.5) is 13.2 Å². The summed E-state index contributed by atoms with van der Waals surface area (Å²) in [6.07, 6.45) is -1.63. The minimum Gasteiger partial charge on any atom is -0.351 e. The van der Waals surface area contributed by atoms with Gasteiger partial charge in [0.2, 0.25) is 5.82 Å². The number of hydrogen-bond acceptors (Lipinski definition) is 5. The van der Waals surface area contributed by atoms with Gasteiger partial charge in [-0.2, -0.15) is 18.4 Å². The fourth-order valence-electron chi connectivity index (χ4n) is 4.63. The minimum atomic E-state index is -4.36. The van der Waals surface area contributed by atoms with Gasteiger partial charge < -0.3 is 9.80 Å². The van der Waals surface area contributed by atoms with Crippen molar-refractivity contribution in [3.05, 3.63) is 65.5 Å². The molecule has 0 saturated heterocycles. The Morgan fingerprint density at radius 3 is 2.33 bits per heavy atom. The lowest BCUT2D eigenvalue weighted by Gasteiger charge is -2.25. The number of hydrogen-bond donors (Lipinski definition) is 1. The zero-order valence-corrected chi connectivity index (χ0v) is 21.0. The van der Waals surface area contributed by atoms with Crippen LogP contribution < -0.4 is 0 Å². The van der Waals surface area contributed by atoms with Gasteiger partial charge in [0.05, 0.1) is 6.67 Å². The molecule has 9 heteroatoms. The van der Waals surface area contributed by atoms with Gasteiger partial charge in [-0.1, -0.05) is 75.7 Å². The van der Waals surface area contributed by atoms with Crippen molar-refractivity contribution >= 4 is 0 Å². The van der Waals surface area contributed by atoms with Gasteiger partial charge in [-0.25, -0.2) is 0 Å². The molecular weight excluding hydrogens is 465 g/mol. The number of rotatable bonds is 10. The third-order valence-electron chi connectivity index (χ3n) is 6.47. The zero-order chi connectivity index (χ0) is 25.7. The molecule has 0 radical (unpaired) electrons. The van der Waals surface area contributed by atoms with Crippen LogP contribution in [0.5, 0.6) is 0 Å². The van der Waals surface area contributed by atoms with E-state index in [2.05, 4.69) is 20.6 Å². The van der Waals surface area contributed by atoms with Crippen molar-refractivity contribution in [1.29, 1.82) is 0 Å². The first-order valence-electron chi connectivity index (χ1n) is 12.5. The molecule has 0 bridgehead atoms. The van der Waals surface area contributed by atoms with E-state index in [0.717, 1.165) is 41.5 Å². The summed E-state index contributed by atoms with van der Waals surface area (Å²) in [5.74, 6) is 0.843.